The maximum atomic E-state index is 15.0. The van der Waals surface area contributed by atoms with Crippen LogP contribution in [0.3, 0.4) is 0 Å². The van der Waals surface area contributed by atoms with Crippen molar-refractivity contribution in [3.05, 3.63) is 0 Å². The van der Waals surface area contributed by atoms with E-state index in [1.54, 1.807) is 0 Å². The van der Waals surface area contributed by atoms with Gasteiger partial charge in [-0.05, 0) is 62.3 Å². The molecule has 27 heteroatoms. The molecule has 12 N–H and O–H groups in total. The molecule has 15 atom stereocenters. The van der Waals surface area contributed by atoms with Crippen molar-refractivity contribution in [3.63, 3.8) is 0 Å². The first kappa shape index (κ1) is 55.3. The lowest BCUT2D eigenvalue weighted by Crippen LogP contribution is -3.01. The summed E-state index contributed by atoms with van der Waals surface area (Å²) in [6.45, 7) is -3.20. The van der Waals surface area contributed by atoms with Crippen LogP contribution in [0.2, 0.25) is 0 Å². The molecular formula is C40H54O27. The third kappa shape index (κ3) is 5.99. The number of carbonyl (C=O) groups is 11. The van der Waals surface area contributed by atoms with Crippen LogP contribution in [-0.4, -0.2) is 231 Å². The van der Waals surface area contributed by atoms with Gasteiger partial charge in [0.2, 0.25) is 33.6 Å². The van der Waals surface area contributed by atoms with E-state index in [2.05, 4.69) is 0 Å². The standard InChI is InChI=1S/C40H54O27/c1-14(43)30(13-42)38(29-28(56)27(55)26(54)25(12-41)64-29,34(60,19(6)48)35(61,20(7)49)39(63,65-30)23(10)52)67-40(24(11)53)36(62,21(8)50)32(58,17(4)46)33(59,18(5)47)37(66-40,22(9)51)31(57,15(2)44)16(3)45/h25-29,41-42,54-63H,12-13H2,1-11H3/t25-,26+,27+,28-,29?,30+,32+,33-,34-,35-,36-,37-,38-,39?,40+/m1/s1/i29D. The number of aliphatic hydroxyl groups is 12. The predicted molar refractivity (Wildman–Crippen MR) is 207 cm³/mol. The third-order valence-electron chi connectivity index (χ3n) is 13.5. The molecule has 0 aromatic heterocycles. The first-order valence-electron chi connectivity index (χ1n) is 20.2. The van der Waals surface area contributed by atoms with Crippen molar-refractivity contribution in [2.24, 2.45) is 0 Å². The molecule has 0 spiro atoms. The van der Waals surface area contributed by atoms with E-state index in [1.165, 1.54) is 0 Å². The Kier molecular flexibility index (Phi) is 14.0. The monoisotopic (exact) mass is 967 g/mol. The van der Waals surface area contributed by atoms with Crippen LogP contribution in [-0.2, 0) is 71.7 Å². The number of aliphatic hydroxyl groups excluding tert-OH is 5. The van der Waals surface area contributed by atoms with E-state index in [-0.39, 0.29) is 76.2 Å². The summed E-state index contributed by atoms with van der Waals surface area (Å²) in [5.41, 5.74) is -46.1. The van der Waals surface area contributed by atoms with E-state index in [4.69, 9.17) is 18.9 Å². The molecule has 3 fully saturated rings. The fourth-order valence-electron chi connectivity index (χ4n) is 9.96. The van der Waals surface area contributed by atoms with Crippen LogP contribution in [0.4, 0.5) is 0 Å². The van der Waals surface area contributed by atoms with Gasteiger partial charge in [0.05, 0.1) is 14.6 Å². The van der Waals surface area contributed by atoms with E-state index >= 15 is 4.79 Å². The average Bonchev–Trinajstić information content (AvgIpc) is 3.22. The molecule has 0 saturated carbocycles. The third-order valence-corrected chi connectivity index (χ3v) is 13.5. The van der Waals surface area contributed by atoms with E-state index < -0.39 is 169 Å². The number of hydrogen-bond acceptors (Lipinski definition) is 27. The van der Waals surface area contributed by atoms with Gasteiger partial charge in [-0.25, -0.2) is 0 Å². The first-order valence-corrected chi connectivity index (χ1v) is 19.7. The number of rotatable bonds is 17. The minimum Gasteiger partial charge on any atom is -0.394 e. The summed E-state index contributed by atoms with van der Waals surface area (Å²) in [5.74, 6) is -36.0. The molecule has 0 aromatic rings. The van der Waals surface area contributed by atoms with Crippen molar-refractivity contribution >= 4 is 63.6 Å². The highest BCUT2D eigenvalue weighted by atomic mass is 16.8. The number of ketones is 11. The fourth-order valence-corrected chi connectivity index (χ4v) is 9.96. The molecule has 0 radical (unpaired) electrons. The summed E-state index contributed by atoms with van der Waals surface area (Å²) in [5, 5.41) is 145. The minimum atomic E-state index is -5.50. The van der Waals surface area contributed by atoms with Gasteiger partial charge in [0.1, 0.15) is 30.5 Å². The smallest absolute Gasteiger partial charge is 0.271 e. The maximum Gasteiger partial charge on any atom is 0.271 e. The van der Waals surface area contributed by atoms with Gasteiger partial charge in [0, 0.05) is 13.8 Å². The summed E-state index contributed by atoms with van der Waals surface area (Å²) in [4.78, 5) is 157. The molecule has 376 valence electrons. The van der Waals surface area contributed by atoms with Crippen LogP contribution in [0, 0.1) is 0 Å². The summed E-state index contributed by atoms with van der Waals surface area (Å²) in [6.07, 6.45) is -17.3. The second-order valence-electron chi connectivity index (χ2n) is 16.9. The van der Waals surface area contributed by atoms with Crippen LogP contribution in [0.1, 0.15) is 77.5 Å². The SMILES string of the molecule is [2H]C1([C@]2(O[C@]3(C(C)=O)O[C@](C(C)=O)(C(O)(C(C)=O)C(C)=O)[C@@](O)(C(C)=O)[C@@](O)(C(C)=O)[C@]3(O)C(C)=O)[C@@](O)(C(C)=O)[C@](O)(C(C)=O)C(O)(C(C)=O)O[C@@]2(CO)C(C)=O)O[C@H](CO)[C@H](O)[C@H](O)[C@H]1O. The average molecular weight is 968 g/mol. The molecule has 27 nitrogen and oxygen atoms in total. The van der Waals surface area contributed by atoms with Crippen LogP contribution >= 0.6 is 0 Å². The Morgan fingerprint density at radius 1 is 0.522 bits per heavy atom. The lowest BCUT2D eigenvalue weighted by atomic mass is 9.48. The number of hydrogen-bond donors (Lipinski definition) is 12. The van der Waals surface area contributed by atoms with Crippen molar-refractivity contribution in [3.8, 4) is 0 Å². The van der Waals surface area contributed by atoms with Gasteiger partial charge in [-0.2, -0.15) is 0 Å². The zero-order valence-electron chi connectivity index (χ0n) is 38.7. The largest absolute Gasteiger partial charge is 0.394 e. The van der Waals surface area contributed by atoms with Crippen LogP contribution in [0.25, 0.3) is 0 Å². The van der Waals surface area contributed by atoms with Crippen molar-refractivity contribution in [1.82, 2.24) is 0 Å². The van der Waals surface area contributed by atoms with Crippen molar-refractivity contribution in [1.29, 1.82) is 0 Å². The van der Waals surface area contributed by atoms with Crippen molar-refractivity contribution in [2.75, 3.05) is 13.2 Å². The Balaban J connectivity index is 3.29. The topological polar surface area (TPSA) is 467 Å². The zero-order valence-corrected chi connectivity index (χ0v) is 37.7. The van der Waals surface area contributed by atoms with Gasteiger partial charge in [0.25, 0.3) is 11.6 Å². The molecule has 0 amide bonds. The molecule has 2 unspecified atom stereocenters. The Morgan fingerprint density at radius 3 is 1.24 bits per heavy atom. The van der Waals surface area contributed by atoms with Gasteiger partial charge in [-0.15, -0.1) is 0 Å². The molecular weight excluding hydrogens is 912 g/mol. The summed E-state index contributed by atoms with van der Waals surface area (Å²) in [7, 11) is 0. The normalized spacial score (nSPS) is 44.7. The molecule has 0 bridgehead atoms. The van der Waals surface area contributed by atoms with Crippen LogP contribution in [0.5, 0.6) is 0 Å². The maximum absolute atomic E-state index is 15.0. The Morgan fingerprint density at radius 2 is 0.940 bits per heavy atom. The summed E-state index contributed by atoms with van der Waals surface area (Å²) in [6, 6.07) is 0. The molecule has 0 aliphatic carbocycles. The number of ether oxygens (including phenoxy) is 4. The highest BCUT2D eigenvalue weighted by Gasteiger charge is 2.97. The van der Waals surface area contributed by atoms with E-state index in [0.29, 0.717) is 0 Å². The van der Waals surface area contributed by atoms with Crippen LogP contribution < -0.4 is 0 Å². The molecule has 3 aliphatic rings. The van der Waals surface area contributed by atoms with Gasteiger partial charge >= 0.3 is 0 Å². The highest BCUT2D eigenvalue weighted by Crippen LogP contribution is 2.65. The summed E-state index contributed by atoms with van der Waals surface area (Å²) < 4.78 is 32.4. The zero-order chi connectivity index (χ0) is 53.9. The first-order chi connectivity index (χ1) is 30.5. The Labute approximate surface area is 379 Å². The van der Waals surface area contributed by atoms with E-state index in [1.807, 2.05) is 0 Å². The highest BCUT2D eigenvalue weighted by molar-refractivity contribution is 6.20. The Hall–Kier alpha value is -4.27. The lowest BCUT2D eigenvalue weighted by molar-refractivity contribution is -0.501. The minimum absolute atomic E-state index is 0.0113. The molecule has 3 aliphatic heterocycles. The second-order valence-corrected chi connectivity index (χ2v) is 16.9. The molecule has 3 rings (SSSR count). The lowest BCUT2D eigenvalue weighted by Gasteiger charge is -2.72. The Bertz CT molecular complexity index is 2280. The van der Waals surface area contributed by atoms with Gasteiger partial charge in [-0.1, -0.05) is 0 Å². The van der Waals surface area contributed by atoms with Crippen molar-refractivity contribution in [2.45, 2.75) is 169 Å². The molecule has 3 saturated heterocycles. The van der Waals surface area contributed by atoms with E-state index in [0.717, 1.165) is 0 Å². The predicted octanol–water partition coefficient (Wildman–Crippen LogP) is -8.64. The van der Waals surface area contributed by atoms with Crippen molar-refractivity contribution < 1.29 is 134 Å². The van der Waals surface area contributed by atoms with Crippen LogP contribution in [0.15, 0.2) is 0 Å². The number of Topliss-reactive ketones (excluding diaryl/α,β-unsaturated/α-hetero) is 11. The van der Waals surface area contributed by atoms with Gasteiger partial charge in [0.15, 0.2) is 80.4 Å². The summed E-state index contributed by atoms with van der Waals surface area (Å²) >= 11 is 0. The van der Waals surface area contributed by atoms with Gasteiger partial charge in [-0.3, -0.25) is 52.7 Å². The fraction of sp³-hybridized carbons (Fsp3) is 0.725. The van der Waals surface area contributed by atoms with Gasteiger partial charge < -0.3 is 80.2 Å². The van der Waals surface area contributed by atoms with E-state index in [9.17, 15) is 111 Å². The quantitative estimate of drug-likeness (QED) is 0.0602. The molecule has 0 aromatic carbocycles. The molecule has 67 heavy (non-hydrogen) atoms. The molecule has 3 heterocycles. The second kappa shape index (κ2) is 17.0. The number of carbonyl (C=O) groups excluding carboxylic acids is 11.